The molecule has 0 spiro atoms. The lowest BCUT2D eigenvalue weighted by Crippen LogP contribution is -2.20. The number of hydrogen-bond donors (Lipinski definition) is 2. The Balaban J connectivity index is 0.000000351. The van der Waals surface area contributed by atoms with Crippen LogP contribution in [0.5, 0.6) is 0 Å². The lowest BCUT2D eigenvalue weighted by Gasteiger charge is -2.08. The van der Waals surface area contributed by atoms with Crippen molar-refractivity contribution >= 4 is 18.2 Å². The molecule has 1 amide bonds. The number of amides is 1. The Morgan fingerprint density at radius 3 is 2.28 bits per heavy atom. The van der Waals surface area contributed by atoms with Crippen molar-refractivity contribution in [2.45, 2.75) is 25.9 Å². The van der Waals surface area contributed by atoms with Crippen molar-refractivity contribution in [3.63, 3.8) is 0 Å². The summed E-state index contributed by atoms with van der Waals surface area (Å²) in [6, 6.07) is 0. The maximum absolute atomic E-state index is 10.5. The SMILES string of the molecule is CC(COC(=O)O)OC(=O)O.CN1CCCC1=O. The first-order valence-electron chi connectivity index (χ1n) is 5.32. The van der Waals surface area contributed by atoms with Gasteiger partial charge in [-0.05, 0) is 13.3 Å². The number of carbonyl (C=O) groups excluding carboxylic acids is 1. The Bertz CT molecular complexity index is 305. The van der Waals surface area contributed by atoms with Gasteiger partial charge in [-0.25, -0.2) is 9.59 Å². The van der Waals surface area contributed by atoms with Crippen LogP contribution in [0.4, 0.5) is 9.59 Å². The number of ether oxygens (including phenoxy) is 2. The first kappa shape index (κ1) is 16.0. The molecule has 0 radical (unpaired) electrons. The molecule has 0 saturated carbocycles. The second kappa shape index (κ2) is 8.15. The van der Waals surface area contributed by atoms with E-state index in [2.05, 4.69) is 9.47 Å². The fourth-order valence-electron chi connectivity index (χ4n) is 1.18. The number of carboxylic acid groups (broad SMARTS) is 2. The van der Waals surface area contributed by atoms with Gasteiger partial charge in [0.15, 0.2) is 0 Å². The van der Waals surface area contributed by atoms with E-state index in [9.17, 15) is 14.4 Å². The zero-order chi connectivity index (χ0) is 14.1. The zero-order valence-electron chi connectivity index (χ0n) is 10.3. The van der Waals surface area contributed by atoms with Crippen molar-refractivity contribution < 1.29 is 34.1 Å². The predicted molar refractivity (Wildman–Crippen MR) is 59.4 cm³/mol. The summed E-state index contributed by atoms with van der Waals surface area (Å²) in [5.74, 6) is 0.292. The van der Waals surface area contributed by atoms with Crippen LogP contribution in [0.2, 0.25) is 0 Å². The molecule has 1 aliphatic rings. The third kappa shape index (κ3) is 8.20. The lowest BCUT2D eigenvalue weighted by atomic mass is 10.4. The molecule has 104 valence electrons. The average molecular weight is 263 g/mol. The van der Waals surface area contributed by atoms with Gasteiger partial charge in [-0.2, -0.15) is 0 Å². The van der Waals surface area contributed by atoms with E-state index in [1.165, 1.54) is 6.92 Å². The van der Waals surface area contributed by atoms with Gasteiger partial charge in [0.05, 0.1) is 0 Å². The van der Waals surface area contributed by atoms with E-state index in [1.807, 2.05) is 7.05 Å². The third-order valence-electron chi connectivity index (χ3n) is 2.05. The minimum absolute atomic E-state index is 0.290. The van der Waals surface area contributed by atoms with Crippen molar-refractivity contribution in [2.75, 3.05) is 20.2 Å². The Hall–Kier alpha value is -1.99. The Kier molecular flexibility index (Phi) is 7.25. The molecule has 1 fully saturated rings. The summed E-state index contributed by atoms with van der Waals surface area (Å²) in [6.45, 7) is 2.05. The van der Waals surface area contributed by atoms with Gasteiger partial charge in [0.2, 0.25) is 5.91 Å². The monoisotopic (exact) mass is 263 g/mol. The van der Waals surface area contributed by atoms with Crippen LogP contribution in [-0.2, 0) is 14.3 Å². The molecule has 1 saturated heterocycles. The molecular weight excluding hydrogens is 246 g/mol. The molecule has 1 heterocycles. The first-order valence-corrected chi connectivity index (χ1v) is 5.32. The van der Waals surface area contributed by atoms with Crippen molar-refractivity contribution in [2.24, 2.45) is 0 Å². The topological polar surface area (TPSA) is 113 Å². The van der Waals surface area contributed by atoms with Crippen molar-refractivity contribution in [3.8, 4) is 0 Å². The van der Waals surface area contributed by atoms with Gasteiger partial charge in [-0.3, -0.25) is 4.79 Å². The molecular formula is C10H17NO7. The maximum atomic E-state index is 10.5. The third-order valence-corrected chi connectivity index (χ3v) is 2.05. The van der Waals surface area contributed by atoms with Gasteiger partial charge < -0.3 is 24.6 Å². The largest absolute Gasteiger partial charge is 0.506 e. The molecule has 2 N–H and O–H groups in total. The summed E-state index contributed by atoms with van der Waals surface area (Å²) in [6.07, 6.45) is -1.87. The summed E-state index contributed by atoms with van der Waals surface area (Å²) < 4.78 is 8.16. The van der Waals surface area contributed by atoms with Crippen molar-refractivity contribution in [3.05, 3.63) is 0 Å². The smallest absolute Gasteiger partial charge is 0.450 e. The van der Waals surface area contributed by atoms with Crippen LogP contribution in [0.25, 0.3) is 0 Å². The van der Waals surface area contributed by atoms with Crippen molar-refractivity contribution in [1.82, 2.24) is 4.90 Å². The van der Waals surface area contributed by atoms with Gasteiger partial charge in [0.25, 0.3) is 0 Å². The number of likely N-dealkylation sites (tertiary alicyclic amines) is 1. The van der Waals surface area contributed by atoms with Gasteiger partial charge in [-0.15, -0.1) is 0 Å². The minimum Gasteiger partial charge on any atom is -0.450 e. The second-order valence-electron chi connectivity index (χ2n) is 3.69. The standard InChI is InChI=1S/C5H9NO.C5H8O6/c1-6-4-2-3-5(6)7;1-3(11-5(8)9)2-10-4(6)7/h2-4H2,1H3;3H,2H2,1H3,(H,6,7)(H,8,9). The molecule has 0 aromatic carbocycles. The highest BCUT2D eigenvalue weighted by atomic mass is 16.7. The molecule has 0 aliphatic carbocycles. The van der Waals surface area contributed by atoms with Gasteiger partial charge >= 0.3 is 12.3 Å². The molecule has 1 unspecified atom stereocenters. The molecule has 1 atom stereocenters. The van der Waals surface area contributed by atoms with E-state index in [0.717, 1.165) is 19.4 Å². The predicted octanol–water partition coefficient (Wildman–Crippen LogP) is 1.00. The van der Waals surface area contributed by atoms with Crippen LogP contribution in [0.15, 0.2) is 0 Å². The summed E-state index contributed by atoms with van der Waals surface area (Å²) >= 11 is 0. The van der Waals surface area contributed by atoms with Crippen LogP contribution in [0.1, 0.15) is 19.8 Å². The summed E-state index contributed by atoms with van der Waals surface area (Å²) in [5, 5.41) is 16.0. The summed E-state index contributed by atoms with van der Waals surface area (Å²) in [7, 11) is 1.84. The van der Waals surface area contributed by atoms with E-state index < -0.39 is 18.4 Å². The van der Waals surface area contributed by atoms with Crippen LogP contribution in [-0.4, -0.2) is 59.6 Å². The quantitative estimate of drug-likeness (QED) is 0.730. The van der Waals surface area contributed by atoms with E-state index in [-0.39, 0.29) is 6.61 Å². The summed E-state index contributed by atoms with van der Waals surface area (Å²) in [4.78, 5) is 31.9. The second-order valence-corrected chi connectivity index (χ2v) is 3.69. The maximum Gasteiger partial charge on any atom is 0.506 e. The number of nitrogens with zero attached hydrogens (tertiary/aromatic N) is 1. The fourth-order valence-corrected chi connectivity index (χ4v) is 1.18. The lowest BCUT2D eigenvalue weighted by molar-refractivity contribution is -0.126. The van der Waals surface area contributed by atoms with Crippen LogP contribution < -0.4 is 0 Å². The molecule has 1 aliphatic heterocycles. The van der Waals surface area contributed by atoms with Crippen LogP contribution >= 0.6 is 0 Å². The highest BCUT2D eigenvalue weighted by Crippen LogP contribution is 2.04. The molecule has 0 aromatic heterocycles. The highest BCUT2D eigenvalue weighted by Gasteiger charge is 2.14. The summed E-state index contributed by atoms with van der Waals surface area (Å²) in [5.41, 5.74) is 0. The van der Waals surface area contributed by atoms with E-state index in [1.54, 1.807) is 4.90 Å². The highest BCUT2D eigenvalue weighted by molar-refractivity contribution is 5.77. The fraction of sp³-hybridized carbons (Fsp3) is 0.700. The Morgan fingerprint density at radius 1 is 1.39 bits per heavy atom. The van der Waals surface area contributed by atoms with Crippen LogP contribution in [0.3, 0.4) is 0 Å². The van der Waals surface area contributed by atoms with Gasteiger partial charge in [0.1, 0.15) is 12.7 Å². The first-order chi connectivity index (χ1) is 8.32. The van der Waals surface area contributed by atoms with E-state index >= 15 is 0 Å². The van der Waals surface area contributed by atoms with Crippen LogP contribution in [0, 0.1) is 0 Å². The van der Waals surface area contributed by atoms with Gasteiger partial charge in [-0.1, -0.05) is 0 Å². The minimum atomic E-state index is -1.45. The average Bonchev–Trinajstić information content (AvgIpc) is 2.60. The Labute approximate surface area is 104 Å². The molecule has 18 heavy (non-hydrogen) atoms. The van der Waals surface area contributed by atoms with E-state index in [4.69, 9.17) is 10.2 Å². The molecule has 0 aromatic rings. The normalized spacial score (nSPS) is 15.4. The van der Waals surface area contributed by atoms with E-state index in [0.29, 0.717) is 5.91 Å². The molecule has 8 nitrogen and oxygen atoms in total. The number of rotatable bonds is 3. The zero-order valence-corrected chi connectivity index (χ0v) is 10.3. The number of hydrogen-bond acceptors (Lipinski definition) is 5. The molecule has 8 heteroatoms. The number of carbonyl (C=O) groups is 3. The molecule has 0 bridgehead atoms. The van der Waals surface area contributed by atoms with Crippen molar-refractivity contribution in [1.29, 1.82) is 0 Å². The van der Waals surface area contributed by atoms with Gasteiger partial charge in [0, 0.05) is 20.0 Å². The molecule has 1 rings (SSSR count). The Morgan fingerprint density at radius 2 is 2.00 bits per heavy atom.